The molecule has 4 aromatic heterocycles. The second-order valence-electron chi connectivity index (χ2n) is 8.72. The lowest BCUT2D eigenvalue weighted by Gasteiger charge is -2.21. The van der Waals surface area contributed by atoms with Crippen LogP contribution in [0.5, 0.6) is 0 Å². The number of hydrogen-bond donors (Lipinski definition) is 3. The summed E-state index contributed by atoms with van der Waals surface area (Å²) >= 11 is 0. The number of nitrogens with zero attached hydrogens (tertiary/aromatic N) is 5. The maximum atomic E-state index is 13.7. The van der Waals surface area contributed by atoms with Gasteiger partial charge in [-0.05, 0) is 55.3 Å². The molecule has 0 radical (unpaired) electrons. The molecule has 6 aromatic rings. The van der Waals surface area contributed by atoms with Gasteiger partial charge in [-0.15, -0.1) is 0 Å². The fourth-order valence-electron chi connectivity index (χ4n) is 4.69. The quantitative estimate of drug-likeness (QED) is 0.337. The molecule has 0 aliphatic rings. The number of hydrogen-bond acceptors (Lipinski definition) is 6. The van der Waals surface area contributed by atoms with Crippen LogP contribution >= 0.6 is 0 Å². The number of nitrogens with one attached hydrogen (secondary N) is 2. The van der Waals surface area contributed by atoms with Crippen molar-refractivity contribution in [3.8, 4) is 16.8 Å². The highest BCUT2D eigenvalue weighted by Gasteiger charge is 2.22. The Balaban J connectivity index is 1.51. The highest BCUT2D eigenvalue weighted by Crippen LogP contribution is 2.36. The third-order valence-corrected chi connectivity index (χ3v) is 6.41. The smallest absolute Gasteiger partial charge is 0.282 e. The first kappa shape index (κ1) is 21.6. The van der Waals surface area contributed by atoms with Gasteiger partial charge in [0.25, 0.3) is 5.56 Å². The lowest BCUT2D eigenvalue weighted by molar-refractivity contribution is 0.672. The molecular weight excluding hydrogens is 452 g/mol. The van der Waals surface area contributed by atoms with E-state index < -0.39 is 6.04 Å². The highest BCUT2D eigenvalue weighted by molar-refractivity contribution is 6.00. The average Bonchev–Trinajstić information content (AvgIpc) is 3.51. The van der Waals surface area contributed by atoms with Crippen LogP contribution in [0.25, 0.3) is 33.2 Å². The Morgan fingerprint density at radius 2 is 1.86 bits per heavy atom. The number of benzene rings is 2. The minimum Gasteiger partial charge on any atom is -0.383 e. The number of rotatable bonds is 5. The number of nitrogen functional groups attached to an aromatic ring is 1. The van der Waals surface area contributed by atoms with E-state index in [1.54, 1.807) is 15.3 Å². The molecule has 0 fully saturated rings. The summed E-state index contributed by atoms with van der Waals surface area (Å²) in [5, 5.41) is 9.30. The second-order valence-corrected chi connectivity index (χ2v) is 8.72. The van der Waals surface area contributed by atoms with Gasteiger partial charge >= 0.3 is 0 Å². The summed E-state index contributed by atoms with van der Waals surface area (Å²) in [4.78, 5) is 25.7. The Hall–Kier alpha value is -4.92. The van der Waals surface area contributed by atoms with Crippen molar-refractivity contribution in [1.29, 1.82) is 0 Å². The van der Waals surface area contributed by atoms with Crippen molar-refractivity contribution in [1.82, 2.24) is 29.1 Å². The zero-order chi connectivity index (χ0) is 24.8. The van der Waals surface area contributed by atoms with Crippen LogP contribution in [0.4, 0.5) is 11.6 Å². The number of anilines is 2. The SMILES string of the molecule is Cc1ccn2nc([C@H](C)Nc3ncnc(N)c3-c3cccc4[nH]ccc34)n(-c3ccccc3)c(=O)c12. The van der Waals surface area contributed by atoms with Crippen molar-refractivity contribution < 1.29 is 0 Å². The fourth-order valence-corrected chi connectivity index (χ4v) is 4.69. The molecule has 2 aromatic carbocycles. The topological polar surface area (TPSA) is 119 Å². The van der Waals surface area contributed by atoms with Crippen molar-refractivity contribution in [3.63, 3.8) is 0 Å². The minimum absolute atomic E-state index is 0.137. The molecule has 0 bridgehead atoms. The first-order valence-corrected chi connectivity index (χ1v) is 11.6. The Labute approximate surface area is 206 Å². The Bertz CT molecular complexity index is 1780. The molecule has 9 heteroatoms. The van der Waals surface area contributed by atoms with E-state index in [-0.39, 0.29) is 5.56 Å². The molecule has 4 heterocycles. The maximum Gasteiger partial charge on any atom is 0.282 e. The van der Waals surface area contributed by atoms with Crippen LogP contribution in [0.15, 0.2) is 84.2 Å². The van der Waals surface area contributed by atoms with Gasteiger partial charge in [0.15, 0.2) is 5.82 Å². The third kappa shape index (κ3) is 3.40. The molecule has 0 spiro atoms. The van der Waals surface area contributed by atoms with Gasteiger partial charge < -0.3 is 16.0 Å². The lowest BCUT2D eigenvalue weighted by atomic mass is 10.0. The Morgan fingerprint density at radius 1 is 1.03 bits per heavy atom. The average molecular weight is 477 g/mol. The first-order valence-electron chi connectivity index (χ1n) is 11.6. The van der Waals surface area contributed by atoms with Gasteiger partial charge in [0.05, 0.1) is 17.3 Å². The Morgan fingerprint density at radius 3 is 2.69 bits per heavy atom. The number of H-pyrrole nitrogens is 1. The number of aromatic nitrogens is 6. The molecular formula is C27H24N8O. The lowest BCUT2D eigenvalue weighted by Crippen LogP contribution is -2.29. The van der Waals surface area contributed by atoms with Crippen LogP contribution in [0.3, 0.4) is 0 Å². The van der Waals surface area contributed by atoms with Crippen LogP contribution in [-0.4, -0.2) is 29.1 Å². The predicted molar refractivity (Wildman–Crippen MR) is 141 cm³/mol. The molecule has 0 unspecified atom stereocenters. The summed E-state index contributed by atoms with van der Waals surface area (Å²) in [5.41, 5.74) is 11.0. The van der Waals surface area contributed by atoms with E-state index >= 15 is 0 Å². The van der Waals surface area contributed by atoms with Gasteiger partial charge in [-0.1, -0.05) is 30.3 Å². The van der Waals surface area contributed by atoms with E-state index in [2.05, 4.69) is 20.3 Å². The summed E-state index contributed by atoms with van der Waals surface area (Å²) in [6.45, 7) is 3.86. The van der Waals surface area contributed by atoms with Crippen molar-refractivity contribution >= 4 is 28.1 Å². The molecule has 0 saturated carbocycles. The van der Waals surface area contributed by atoms with Gasteiger partial charge in [0.1, 0.15) is 23.5 Å². The van der Waals surface area contributed by atoms with E-state index in [1.165, 1.54) is 6.33 Å². The van der Waals surface area contributed by atoms with Crippen LogP contribution in [0.1, 0.15) is 24.4 Å². The number of nitrogens with two attached hydrogens (primary N) is 1. The van der Waals surface area contributed by atoms with Crippen molar-refractivity contribution in [2.45, 2.75) is 19.9 Å². The second kappa shape index (κ2) is 8.38. The zero-order valence-corrected chi connectivity index (χ0v) is 19.8. The number of aryl methyl sites for hydroxylation is 1. The number of aromatic amines is 1. The van der Waals surface area contributed by atoms with E-state index in [9.17, 15) is 4.79 Å². The standard InChI is InChI=1S/C27H24N8O/c1-16-12-14-34-23(16)27(36)35(18-7-4-3-5-8-18)26(33-34)17(2)32-25-22(24(28)30-15-31-25)20-9-6-10-21-19(20)11-13-29-21/h3-15,17,29H,1-2H3,(H3,28,30,31,32)/t17-/m0/s1. The van der Waals surface area contributed by atoms with E-state index in [0.29, 0.717) is 28.5 Å². The molecule has 6 rings (SSSR count). The monoisotopic (exact) mass is 476 g/mol. The first-order chi connectivity index (χ1) is 17.5. The predicted octanol–water partition coefficient (Wildman–Crippen LogP) is 4.49. The zero-order valence-electron chi connectivity index (χ0n) is 19.8. The van der Waals surface area contributed by atoms with Crippen LogP contribution < -0.4 is 16.6 Å². The van der Waals surface area contributed by atoms with Gasteiger partial charge in [0, 0.05) is 23.3 Å². The van der Waals surface area contributed by atoms with Crippen molar-refractivity contribution in [2.75, 3.05) is 11.1 Å². The summed E-state index contributed by atoms with van der Waals surface area (Å²) in [7, 11) is 0. The molecule has 0 amide bonds. The van der Waals surface area contributed by atoms with E-state index in [0.717, 1.165) is 27.7 Å². The van der Waals surface area contributed by atoms with E-state index in [1.807, 2.05) is 80.7 Å². The normalized spacial score (nSPS) is 12.3. The summed E-state index contributed by atoms with van der Waals surface area (Å²) in [6, 6.07) is 19.0. The molecule has 36 heavy (non-hydrogen) atoms. The molecule has 0 aliphatic heterocycles. The Kier molecular flexibility index (Phi) is 5.03. The molecule has 9 nitrogen and oxygen atoms in total. The van der Waals surface area contributed by atoms with Crippen LogP contribution in [0, 0.1) is 6.92 Å². The summed E-state index contributed by atoms with van der Waals surface area (Å²) < 4.78 is 3.29. The largest absolute Gasteiger partial charge is 0.383 e. The molecule has 178 valence electrons. The molecule has 0 aliphatic carbocycles. The van der Waals surface area contributed by atoms with E-state index in [4.69, 9.17) is 10.8 Å². The third-order valence-electron chi connectivity index (χ3n) is 6.41. The summed E-state index contributed by atoms with van der Waals surface area (Å²) in [6.07, 6.45) is 5.13. The van der Waals surface area contributed by atoms with Crippen molar-refractivity contribution in [3.05, 3.63) is 101 Å². The molecule has 0 saturated heterocycles. The fraction of sp³-hybridized carbons (Fsp3) is 0.111. The van der Waals surface area contributed by atoms with Gasteiger partial charge in [-0.2, -0.15) is 5.10 Å². The summed E-state index contributed by atoms with van der Waals surface area (Å²) in [5.74, 6) is 1.46. The minimum atomic E-state index is -0.400. The van der Waals surface area contributed by atoms with Crippen LogP contribution in [-0.2, 0) is 0 Å². The van der Waals surface area contributed by atoms with Gasteiger partial charge in [-0.25, -0.2) is 14.5 Å². The van der Waals surface area contributed by atoms with Crippen molar-refractivity contribution in [2.24, 2.45) is 0 Å². The maximum absolute atomic E-state index is 13.7. The molecule has 4 N–H and O–H groups in total. The van der Waals surface area contributed by atoms with Crippen LogP contribution in [0.2, 0.25) is 0 Å². The van der Waals surface area contributed by atoms with Gasteiger partial charge in [-0.3, -0.25) is 9.36 Å². The number of fused-ring (bicyclic) bond motifs is 2. The highest BCUT2D eigenvalue weighted by atomic mass is 16.1. The number of para-hydroxylation sites is 1. The van der Waals surface area contributed by atoms with Gasteiger partial charge in [0.2, 0.25) is 0 Å². The molecule has 1 atom stereocenters.